The summed E-state index contributed by atoms with van der Waals surface area (Å²) in [6, 6.07) is 0. The molecule has 0 aliphatic carbocycles. The van der Waals surface area contributed by atoms with Crippen LogP contribution < -0.4 is 10.1 Å². The first-order chi connectivity index (χ1) is 8.01. The van der Waals surface area contributed by atoms with Crippen molar-refractivity contribution in [2.24, 2.45) is 0 Å². The minimum Gasteiger partial charge on any atom is -0.450 e. The summed E-state index contributed by atoms with van der Waals surface area (Å²) in [5.74, 6) is 0. The van der Waals surface area contributed by atoms with Crippen molar-refractivity contribution in [1.29, 1.82) is 0 Å². The van der Waals surface area contributed by atoms with Crippen LogP contribution in [-0.4, -0.2) is 17.1 Å². The van der Waals surface area contributed by atoms with Crippen LogP contribution in [0.3, 0.4) is 0 Å². The van der Waals surface area contributed by atoms with Gasteiger partial charge in [-0.2, -0.15) is 4.98 Å². The van der Waals surface area contributed by atoms with Crippen LogP contribution in [0.2, 0.25) is 0 Å². The van der Waals surface area contributed by atoms with Crippen LogP contribution in [0.25, 0.3) is 0 Å². The summed E-state index contributed by atoms with van der Waals surface area (Å²) in [6.45, 7) is 9.91. The fourth-order valence-corrected chi connectivity index (χ4v) is 1.30. The number of ether oxygens (including phenoxy) is 1. The molecule has 0 amide bonds. The van der Waals surface area contributed by atoms with Gasteiger partial charge in [0, 0.05) is 12.1 Å². The Labute approximate surface area is 104 Å². The molecule has 1 aromatic heterocycles. The lowest BCUT2D eigenvalue weighted by Gasteiger charge is -2.19. The fourth-order valence-electron chi connectivity index (χ4n) is 1.30. The Bertz CT molecular complexity index is 315. The summed E-state index contributed by atoms with van der Waals surface area (Å²) in [6.07, 6.45) is 5.45. The molecule has 4 heteroatoms. The van der Waals surface area contributed by atoms with Crippen molar-refractivity contribution >= 4 is 0 Å². The topological polar surface area (TPSA) is 47.3 Å². The molecule has 0 atom stereocenters. The molecule has 98 valence electrons. The van der Waals surface area contributed by atoms with E-state index in [-0.39, 0.29) is 5.54 Å². The predicted octanol–water partition coefficient (Wildman–Crippen LogP) is 3.13. The highest BCUT2D eigenvalue weighted by Gasteiger charge is 2.11. The van der Waals surface area contributed by atoms with E-state index >= 15 is 0 Å². The Balaban J connectivity index is 2.28. The van der Waals surface area contributed by atoms with Crippen LogP contribution in [0.4, 0.5) is 0 Å². The molecule has 1 rings (SSSR count). The predicted molar refractivity (Wildman–Crippen MR) is 68.1 cm³/mol. The van der Waals surface area contributed by atoms with E-state index in [2.05, 4.69) is 38.0 Å². The maximum absolute atomic E-state index is 5.42. The molecule has 4 nitrogen and oxygen atoms in total. The lowest BCUT2D eigenvalue weighted by molar-refractivity contribution is 0.224. The van der Waals surface area contributed by atoms with Crippen molar-refractivity contribution < 1.29 is 9.15 Å². The van der Waals surface area contributed by atoms with Crippen LogP contribution in [0, 0.1) is 0 Å². The van der Waals surface area contributed by atoms with E-state index in [1.54, 1.807) is 6.26 Å². The molecule has 0 spiro atoms. The first-order valence-corrected chi connectivity index (χ1v) is 6.33. The van der Waals surface area contributed by atoms with E-state index in [0.29, 0.717) is 19.2 Å². The zero-order chi connectivity index (χ0) is 12.7. The second-order valence-corrected chi connectivity index (χ2v) is 5.26. The third kappa shape index (κ3) is 6.31. The number of aromatic nitrogens is 1. The van der Waals surface area contributed by atoms with Crippen molar-refractivity contribution in [2.45, 2.75) is 59.0 Å². The van der Waals surface area contributed by atoms with Gasteiger partial charge in [-0.05, 0) is 27.2 Å². The number of oxazole rings is 1. The smallest absolute Gasteiger partial charge is 0.393 e. The lowest BCUT2D eigenvalue weighted by atomic mass is 10.1. The molecule has 17 heavy (non-hydrogen) atoms. The molecular formula is C13H24N2O2. The van der Waals surface area contributed by atoms with Crippen LogP contribution in [0.1, 0.15) is 52.7 Å². The van der Waals surface area contributed by atoms with Gasteiger partial charge in [0.1, 0.15) is 6.26 Å². The Hall–Kier alpha value is -1.03. The number of unbranched alkanes of at least 4 members (excludes halogenated alkanes) is 2. The third-order valence-electron chi connectivity index (χ3n) is 2.30. The molecule has 1 N–H and O–H groups in total. The highest BCUT2D eigenvalue weighted by molar-refractivity contribution is 5.00. The Kier molecular flexibility index (Phi) is 5.48. The van der Waals surface area contributed by atoms with Crippen molar-refractivity contribution in [3.05, 3.63) is 12.0 Å². The molecule has 0 radical (unpaired) electrons. The van der Waals surface area contributed by atoms with E-state index in [4.69, 9.17) is 9.15 Å². The molecule has 1 heterocycles. The SMILES string of the molecule is CCCCCOc1nc(CNC(C)(C)C)co1. The highest BCUT2D eigenvalue weighted by atomic mass is 16.6. The van der Waals surface area contributed by atoms with Gasteiger partial charge in [0.25, 0.3) is 0 Å². The van der Waals surface area contributed by atoms with Gasteiger partial charge in [0.2, 0.25) is 0 Å². The van der Waals surface area contributed by atoms with Crippen LogP contribution in [-0.2, 0) is 6.54 Å². The molecular weight excluding hydrogens is 216 g/mol. The molecule has 0 saturated heterocycles. The summed E-state index contributed by atoms with van der Waals surface area (Å²) in [5.41, 5.74) is 0.964. The van der Waals surface area contributed by atoms with Crippen molar-refractivity contribution in [1.82, 2.24) is 10.3 Å². The number of nitrogens with one attached hydrogen (secondary N) is 1. The zero-order valence-electron chi connectivity index (χ0n) is 11.4. The summed E-state index contributed by atoms with van der Waals surface area (Å²) < 4.78 is 10.7. The van der Waals surface area contributed by atoms with E-state index in [0.717, 1.165) is 12.1 Å². The van der Waals surface area contributed by atoms with Gasteiger partial charge in [-0.1, -0.05) is 19.8 Å². The number of rotatable bonds is 7. The van der Waals surface area contributed by atoms with E-state index in [9.17, 15) is 0 Å². The van der Waals surface area contributed by atoms with E-state index < -0.39 is 0 Å². The van der Waals surface area contributed by atoms with Crippen LogP contribution >= 0.6 is 0 Å². The summed E-state index contributed by atoms with van der Waals surface area (Å²) in [4.78, 5) is 4.26. The van der Waals surface area contributed by atoms with Crippen molar-refractivity contribution in [3.8, 4) is 6.08 Å². The molecule has 1 aromatic rings. The zero-order valence-corrected chi connectivity index (χ0v) is 11.4. The van der Waals surface area contributed by atoms with E-state index in [1.165, 1.54) is 12.8 Å². The van der Waals surface area contributed by atoms with Gasteiger partial charge in [-0.3, -0.25) is 0 Å². The van der Waals surface area contributed by atoms with Crippen LogP contribution in [0.15, 0.2) is 10.7 Å². The third-order valence-corrected chi connectivity index (χ3v) is 2.30. The van der Waals surface area contributed by atoms with Gasteiger partial charge in [-0.25, -0.2) is 0 Å². The first kappa shape index (κ1) is 14.0. The Morgan fingerprint density at radius 3 is 2.76 bits per heavy atom. The number of hydrogen-bond donors (Lipinski definition) is 1. The highest BCUT2D eigenvalue weighted by Crippen LogP contribution is 2.11. The van der Waals surface area contributed by atoms with Crippen molar-refractivity contribution in [3.63, 3.8) is 0 Å². The maximum Gasteiger partial charge on any atom is 0.393 e. The summed E-state index contributed by atoms with van der Waals surface area (Å²) >= 11 is 0. The normalized spacial score (nSPS) is 11.8. The van der Waals surface area contributed by atoms with Gasteiger partial charge < -0.3 is 14.5 Å². The minimum atomic E-state index is 0.0844. The fraction of sp³-hybridized carbons (Fsp3) is 0.769. The quantitative estimate of drug-likeness (QED) is 0.744. The minimum absolute atomic E-state index is 0.0844. The lowest BCUT2D eigenvalue weighted by Crippen LogP contribution is -2.35. The van der Waals surface area contributed by atoms with Gasteiger partial charge >= 0.3 is 6.08 Å². The Morgan fingerprint density at radius 1 is 1.35 bits per heavy atom. The summed E-state index contributed by atoms with van der Waals surface area (Å²) in [5, 5.41) is 3.35. The summed E-state index contributed by atoms with van der Waals surface area (Å²) in [7, 11) is 0. The van der Waals surface area contributed by atoms with Gasteiger partial charge in [0.15, 0.2) is 0 Å². The Morgan fingerprint density at radius 2 is 2.12 bits per heavy atom. The molecule has 0 bridgehead atoms. The largest absolute Gasteiger partial charge is 0.450 e. The molecule has 0 aliphatic rings. The standard InChI is InChI=1S/C13H24N2O2/c1-5-6-7-8-16-12-15-11(10-17-12)9-14-13(2,3)4/h10,14H,5-9H2,1-4H3. The van der Waals surface area contributed by atoms with Gasteiger partial charge in [-0.15, -0.1) is 0 Å². The average molecular weight is 240 g/mol. The second-order valence-electron chi connectivity index (χ2n) is 5.26. The number of hydrogen-bond acceptors (Lipinski definition) is 4. The molecule has 0 aromatic carbocycles. The molecule has 0 aliphatic heterocycles. The monoisotopic (exact) mass is 240 g/mol. The average Bonchev–Trinajstić information content (AvgIpc) is 2.69. The number of nitrogens with zero attached hydrogens (tertiary/aromatic N) is 1. The molecule has 0 unspecified atom stereocenters. The maximum atomic E-state index is 5.42. The van der Waals surface area contributed by atoms with Crippen LogP contribution in [0.5, 0.6) is 6.08 Å². The molecule has 0 saturated carbocycles. The first-order valence-electron chi connectivity index (χ1n) is 6.33. The second kappa shape index (κ2) is 6.64. The van der Waals surface area contributed by atoms with Crippen molar-refractivity contribution in [2.75, 3.05) is 6.61 Å². The van der Waals surface area contributed by atoms with E-state index in [1.807, 2.05) is 0 Å². The van der Waals surface area contributed by atoms with Gasteiger partial charge in [0.05, 0.1) is 12.3 Å². The molecule has 0 fully saturated rings.